The van der Waals surface area contributed by atoms with Crippen LogP contribution in [-0.4, -0.2) is 49.1 Å². The SMILES string of the molecule is CC1(C(=O)NC2CCN3CCCC3C2)CCNC1.Cl.Cl. The number of carbonyl (C=O) groups is 1. The van der Waals surface area contributed by atoms with Gasteiger partial charge in [-0.2, -0.15) is 0 Å². The molecule has 3 saturated heterocycles. The number of hydrogen-bond donors (Lipinski definition) is 2. The van der Waals surface area contributed by atoms with E-state index in [1.807, 2.05) is 0 Å². The molecule has 118 valence electrons. The van der Waals surface area contributed by atoms with Crippen molar-refractivity contribution in [2.75, 3.05) is 26.2 Å². The van der Waals surface area contributed by atoms with Crippen LogP contribution in [0.15, 0.2) is 0 Å². The molecule has 3 atom stereocenters. The van der Waals surface area contributed by atoms with Gasteiger partial charge in [0.1, 0.15) is 0 Å². The van der Waals surface area contributed by atoms with Crippen molar-refractivity contribution in [3.05, 3.63) is 0 Å². The highest BCUT2D eigenvalue weighted by molar-refractivity contribution is 5.85. The maximum atomic E-state index is 12.4. The summed E-state index contributed by atoms with van der Waals surface area (Å²) in [4.78, 5) is 15.0. The zero-order valence-corrected chi connectivity index (χ0v) is 13.8. The summed E-state index contributed by atoms with van der Waals surface area (Å²) < 4.78 is 0. The van der Waals surface area contributed by atoms with Gasteiger partial charge in [0.15, 0.2) is 0 Å². The molecule has 6 heteroatoms. The van der Waals surface area contributed by atoms with E-state index in [1.54, 1.807) is 0 Å². The molecule has 1 amide bonds. The lowest BCUT2D eigenvalue weighted by atomic mass is 9.87. The summed E-state index contributed by atoms with van der Waals surface area (Å²) in [6.07, 6.45) is 5.93. The van der Waals surface area contributed by atoms with E-state index in [2.05, 4.69) is 22.5 Å². The number of hydrogen-bond acceptors (Lipinski definition) is 3. The molecule has 3 aliphatic heterocycles. The molecule has 0 saturated carbocycles. The van der Waals surface area contributed by atoms with Gasteiger partial charge in [0.25, 0.3) is 0 Å². The minimum absolute atomic E-state index is 0. The summed E-state index contributed by atoms with van der Waals surface area (Å²) >= 11 is 0. The van der Waals surface area contributed by atoms with Gasteiger partial charge in [0.05, 0.1) is 5.41 Å². The fourth-order valence-electron chi connectivity index (χ4n) is 3.73. The second-order valence-corrected chi connectivity index (χ2v) is 6.51. The van der Waals surface area contributed by atoms with Gasteiger partial charge in [0.2, 0.25) is 5.91 Å². The summed E-state index contributed by atoms with van der Waals surface area (Å²) in [5.74, 6) is 0.268. The van der Waals surface area contributed by atoms with E-state index in [4.69, 9.17) is 0 Å². The third-order valence-corrected chi connectivity index (χ3v) is 5.07. The summed E-state index contributed by atoms with van der Waals surface area (Å²) in [5, 5.41) is 6.61. The number of nitrogens with one attached hydrogen (secondary N) is 2. The van der Waals surface area contributed by atoms with Crippen molar-refractivity contribution in [3.8, 4) is 0 Å². The molecule has 20 heavy (non-hydrogen) atoms. The molecule has 3 heterocycles. The highest BCUT2D eigenvalue weighted by atomic mass is 35.5. The van der Waals surface area contributed by atoms with Crippen LogP contribution in [0, 0.1) is 5.41 Å². The lowest BCUT2D eigenvalue weighted by Crippen LogP contribution is -2.51. The zero-order chi connectivity index (χ0) is 12.6. The first-order chi connectivity index (χ1) is 8.67. The van der Waals surface area contributed by atoms with Crippen molar-refractivity contribution < 1.29 is 4.79 Å². The molecule has 0 spiro atoms. The predicted molar refractivity (Wildman–Crippen MR) is 85.8 cm³/mol. The average Bonchev–Trinajstić information content (AvgIpc) is 2.98. The minimum atomic E-state index is -0.174. The zero-order valence-electron chi connectivity index (χ0n) is 12.2. The molecule has 3 aliphatic rings. The summed E-state index contributed by atoms with van der Waals surface area (Å²) in [5.41, 5.74) is -0.174. The molecule has 3 rings (SSSR count). The van der Waals surface area contributed by atoms with Crippen molar-refractivity contribution >= 4 is 30.7 Å². The van der Waals surface area contributed by atoms with Gasteiger partial charge in [-0.3, -0.25) is 4.79 Å². The Hall–Kier alpha value is -0.0300. The van der Waals surface area contributed by atoms with Gasteiger partial charge in [-0.15, -0.1) is 24.8 Å². The van der Waals surface area contributed by atoms with Crippen LogP contribution >= 0.6 is 24.8 Å². The Morgan fingerprint density at radius 2 is 2.10 bits per heavy atom. The van der Waals surface area contributed by atoms with Crippen LogP contribution in [0.2, 0.25) is 0 Å². The molecular formula is C14H27Cl2N3O. The van der Waals surface area contributed by atoms with Crippen LogP contribution in [0.1, 0.15) is 39.0 Å². The monoisotopic (exact) mass is 323 g/mol. The highest BCUT2D eigenvalue weighted by Crippen LogP contribution is 2.29. The van der Waals surface area contributed by atoms with E-state index < -0.39 is 0 Å². The number of rotatable bonds is 2. The molecular weight excluding hydrogens is 297 g/mol. The number of amides is 1. The first-order valence-electron chi connectivity index (χ1n) is 7.43. The van der Waals surface area contributed by atoms with Crippen LogP contribution in [0.3, 0.4) is 0 Å². The van der Waals surface area contributed by atoms with Gasteiger partial charge < -0.3 is 15.5 Å². The normalized spacial score (nSPS) is 36.6. The summed E-state index contributed by atoms with van der Waals surface area (Å²) in [6.45, 7) is 6.34. The van der Waals surface area contributed by atoms with Crippen LogP contribution in [0.5, 0.6) is 0 Å². The molecule has 0 aromatic rings. The number of fused-ring (bicyclic) bond motifs is 1. The lowest BCUT2D eigenvalue weighted by molar-refractivity contribution is -0.130. The van der Waals surface area contributed by atoms with E-state index in [1.165, 1.54) is 25.9 Å². The van der Waals surface area contributed by atoms with Crippen LogP contribution < -0.4 is 10.6 Å². The van der Waals surface area contributed by atoms with Crippen molar-refractivity contribution in [2.24, 2.45) is 5.41 Å². The Labute approximate surface area is 134 Å². The largest absolute Gasteiger partial charge is 0.353 e. The van der Waals surface area contributed by atoms with Gasteiger partial charge in [-0.05, 0) is 52.1 Å². The van der Waals surface area contributed by atoms with Crippen molar-refractivity contribution in [3.63, 3.8) is 0 Å². The second-order valence-electron chi connectivity index (χ2n) is 6.51. The van der Waals surface area contributed by atoms with Crippen LogP contribution in [-0.2, 0) is 4.79 Å². The Bertz CT molecular complexity index is 334. The molecule has 2 N–H and O–H groups in total. The maximum absolute atomic E-state index is 12.4. The van der Waals surface area contributed by atoms with Crippen molar-refractivity contribution in [2.45, 2.75) is 51.1 Å². The smallest absolute Gasteiger partial charge is 0.227 e. The predicted octanol–water partition coefficient (Wildman–Crippen LogP) is 1.57. The van der Waals surface area contributed by atoms with Gasteiger partial charge >= 0.3 is 0 Å². The van der Waals surface area contributed by atoms with E-state index in [9.17, 15) is 4.79 Å². The van der Waals surface area contributed by atoms with E-state index in [0.29, 0.717) is 6.04 Å². The Morgan fingerprint density at radius 1 is 1.30 bits per heavy atom. The number of nitrogens with zero attached hydrogens (tertiary/aromatic N) is 1. The van der Waals surface area contributed by atoms with Gasteiger partial charge in [0, 0.05) is 25.2 Å². The first kappa shape index (κ1) is 18.0. The second kappa shape index (κ2) is 7.30. The van der Waals surface area contributed by atoms with E-state index in [0.717, 1.165) is 38.4 Å². The fraction of sp³-hybridized carbons (Fsp3) is 0.929. The van der Waals surface area contributed by atoms with Crippen molar-refractivity contribution in [1.82, 2.24) is 15.5 Å². The number of piperidine rings is 1. The maximum Gasteiger partial charge on any atom is 0.227 e. The Balaban J connectivity index is 0.000001000. The molecule has 0 aromatic heterocycles. The average molecular weight is 324 g/mol. The fourth-order valence-corrected chi connectivity index (χ4v) is 3.73. The van der Waals surface area contributed by atoms with Crippen molar-refractivity contribution in [1.29, 1.82) is 0 Å². The highest BCUT2D eigenvalue weighted by Gasteiger charge is 2.39. The molecule has 0 aromatic carbocycles. The Kier molecular flexibility index (Phi) is 6.58. The minimum Gasteiger partial charge on any atom is -0.353 e. The number of carbonyl (C=O) groups excluding carboxylic acids is 1. The van der Waals surface area contributed by atoms with Crippen LogP contribution in [0.25, 0.3) is 0 Å². The van der Waals surface area contributed by atoms with Crippen LogP contribution in [0.4, 0.5) is 0 Å². The first-order valence-corrected chi connectivity index (χ1v) is 7.43. The molecule has 0 bridgehead atoms. The standard InChI is InChI=1S/C14H25N3O.2ClH/c1-14(5-6-15-10-14)13(18)16-11-4-8-17-7-2-3-12(17)9-11;;/h11-12,15H,2-10H2,1H3,(H,16,18);2*1H. The summed E-state index contributed by atoms with van der Waals surface area (Å²) in [7, 11) is 0. The van der Waals surface area contributed by atoms with Gasteiger partial charge in [-0.1, -0.05) is 0 Å². The molecule has 3 fully saturated rings. The third-order valence-electron chi connectivity index (χ3n) is 5.07. The molecule has 0 aliphatic carbocycles. The molecule has 0 radical (unpaired) electrons. The van der Waals surface area contributed by atoms with E-state index >= 15 is 0 Å². The summed E-state index contributed by atoms with van der Waals surface area (Å²) in [6, 6.07) is 1.15. The number of halogens is 2. The lowest BCUT2D eigenvalue weighted by Gasteiger charge is -2.36. The molecule has 4 nitrogen and oxygen atoms in total. The quantitative estimate of drug-likeness (QED) is 0.810. The van der Waals surface area contributed by atoms with E-state index in [-0.39, 0.29) is 36.1 Å². The molecule has 3 unspecified atom stereocenters. The Morgan fingerprint density at radius 3 is 2.80 bits per heavy atom. The third kappa shape index (κ3) is 3.59. The topological polar surface area (TPSA) is 44.4 Å². The van der Waals surface area contributed by atoms with Gasteiger partial charge in [-0.25, -0.2) is 0 Å².